The first-order valence-corrected chi connectivity index (χ1v) is 10.9. The molecule has 0 bridgehead atoms. The lowest BCUT2D eigenvalue weighted by molar-refractivity contribution is -0.140. The third-order valence-electron chi connectivity index (χ3n) is 4.88. The summed E-state index contributed by atoms with van der Waals surface area (Å²) in [5.41, 5.74) is 0. The molecule has 0 radical (unpaired) electrons. The van der Waals surface area contributed by atoms with Crippen molar-refractivity contribution >= 4 is 17.7 Å². The number of methoxy groups -OCH3 is 1. The van der Waals surface area contributed by atoms with Gasteiger partial charge in [0, 0.05) is 10.5 Å². The molecule has 1 heterocycles. The minimum Gasteiger partial charge on any atom is -0.469 e. The molecule has 2 unspecified atom stereocenters. The fourth-order valence-electron chi connectivity index (χ4n) is 3.22. The topological polar surface area (TPSA) is 26.3 Å². The maximum atomic E-state index is 11.2. The summed E-state index contributed by atoms with van der Waals surface area (Å²) < 4.78 is 4.72. The van der Waals surface area contributed by atoms with Gasteiger partial charge < -0.3 is 4.74 Å². The predicted molar refractivity (Wildman–Crippen MR) is 102 cm³/mol. The van der Waals surface area contributed by atoms with Crippen LogP contribution in [0.2, 0.25) is 0 Å². The summed E-state index contributed by atoms with van der Waals surface area (Å²) in [4.78, 5) is 11.2. The number of thioether (sulfide) groups is 1. The van der Waals surface area contributed by atoms with Crippen LogP contribution in [0.1, 0.15) is 103 Å². The van der Waals surface area contributed by atoms with E-state index >= 15 is 0 Å². The summed E-state index contributed by atoms with van der Waals surface area (Å²) in [6.07, 6.45) is 20.3. The van der Waals surface area contributed by atoms with Crippen LogP contribution >= 0.6 is 11.8 Å². The van der Waals surface area contributed by atoms with Gasteiger partial charge in [-0.2, -0.15) is 11.8 Å². The number of hydrogen-bond acceptors (Lipinski definition) is 3. The van der Waals surface area contributed by atoms with Gasteiger partial charge >= 0.3 is 5.97 Å². The third-order valence-corrected chi connectivity index (χ3v) is 6.32. The predicted octanol–water partition coefficient (Wildman–Crippen LogP) is 6.51. The molecular formula is C20H38O2S. The van der Waals surface area contributed by atoms with Crippen molar-refractivity contribution in [2.24, 2.45) is 0 Å². The van der Waals surface area contributed by atoms with Crippen LogP contribution in [0.3, 0.4) is 0 Å². The Morgan fingerprint density at radius 3 is 1.74 bits per heavy atom. The second-order valence-electron chi connectivity index (χ2n) is 7.02. The molecule has 0 N–H and O–H groups in total. The lowest BCUT2D eigenvalue weighted by atomic mass is 10.0. The zero-order valence-electron chi connectivity index (χ0n) is 15.5. The van der Waals surface area contributed by atoms with E-state index in [1.807, 2.05) is 11.8 Å². The van der Waals surface area contributed by atoms with Gasteiger partial charge in [0.05, 0.1) is 13.5 Å². The van der Waals surface area contributed by atoms with Gasteiger partial charge in [-0.25, -0.2) is 0 Å². The van der Waals surface area contributed by atoms with Crippen molar-refractivity contribution in [3.05, 3.63) is 0 Å². The lowest BCUT2D eigenvalue weighted by Crippen LogP contribution is -2.06. The summed E-state index contributed by atoms with van der Waals surface area (Å²) in [5.74, 6) is -0.0460. The summed E-state index contributed by atoms with van der Waals surface area (Å²) in [6.45, 7) is 2.28. The number of ether oxygens (including phenoxy) is 1. The normalized spacial score (nSPS) is 19.7. The smallest absolute Gasteiger partial charge is 0.306 e. The van der Waals surface area contributed by atoms with E-state index in [1.165, 1.54) is 97.0 Å². The zero-order valence-corrected chi connectivity index (χ0v) is 16.3. The maximum absolute atomic E-state index is 11.2. The van der Waals surface area contributed by atoms with Crippen LogP contribution in [0.25, 0.3) is 0 Å². The van der Waals surface area contributed by atoms with E-state index in [4.69, 9.17) is 4.74 Å². The van der Waals surface area contributed by atoms with Gasteiger partial charge in [0.15, 0.2) is 0 Å². The van der Waals surface area contributed by atoms with Crippen molar-refractivity contribution in [1.29, 1.82) is 0 Å². The minimum atomic E-state index is -0.0460. The number of hydrogen-bond donors (Lipinski definition) is 0. The fourth-order valence-corrected chi connectivity index (χ4v) is 4.35. The monoisotopic (exact) mass is 342 g/mol. The molecule has 2 nitrogen and oxygen atoms in total. The minimum absolute atomic E-state index is 0.0460. The SMILES string of the molecule is CCCCCCCCCCCCCCCC1SC1CC(=O)OC. The van der Waals surface area contributed by atoms with Crippen molar-refractivity contribution in [2.45, 2.75) is 114 Å². The van der Waals surface area contributed by atoms with E-state index in [2.05, 4.69) is 6.92 Å². The Bertz CT molecular complexity index is 293. The van der Waals surface area contributed by atoms with E-state index in [0.717, 1.165) is 5.25 Å². The number of rotatable bonds is 16. The molecule has 136 valence electrons. The first-order valence-electron chi connectivity index (χ1n) is 10.00. The first kappa shape index (κ1) is 20.9. The third kappa shape index (κ3) is 11.9. The summed E-state index contributed by atoms with van der Waals surface area (Å²) in [7, 11) is 1.48. The van der Waals surface area contributed by atoms with Gasteiger partial charge in [-0.3, -0.25) is 4.79 Å². The van der Waals surface area contributed by atoms with E-state index < -0.39 is 0 Å². The van der Waals surface area contributed by atoms with Gasteiger partial charge in [-0.1, -0.05) is 90.4 Å². The number of unbranched alkanes of at least 4 members (excludes halogenated alkanes) is 12. The Morgan fingerprint density at radius 2 is 1.26 bits per heavy atom. The quantitative estimate of drug-likeness (QED) is 0.181. The average molecular weight is 343 g/mol. The molecule has 1 saturated heterocycles. The van der Waals surface area contributed by atoms with Crippen molar-refractivity contribution < 1.29 is 9.53 Å². The van der Waals surface area contributed by atoms with Gasteiger partial charge in [0.1, 0.15) is 0 Å². The number of carbonyl (C=O) groups excluding carboxylic acids is 1. The summed E-state index contributed by atoms with van der Waals surface area (Å²) >= 11 is 1.96. The van der Waals surface area contributed by atoms with Crippen LogP contribution in [0.4, 0.5) is 0 Å². The summed E-state index contributed by atoms with van der Waals surface area (Å²) in [6, 6.07) is 0. The molecule has 3 heteroatoms. The first-order chi connectivity index (χ1) is 11.3. The summed E-state index contributed by atoms with van der Waals surface area (Å²) in [5, 5.41) is 1.29. The van der Waals surface area contributed by atoms with Crippen molar-refractivity contribution in [2.75, 3.05) is 7.11 Å². The highest BCUT2D eigenvalue weighted by Crippen LogP contribution is 2.46. The van der Waals surface area contributed by atoms with Crippen LogP contribution in [0.5, 0.6) is 0 Å². The fraction of sp³-hybridized carbons (Fsp3) is 0.950. The molecule has 0 saturated carbocycles. The van der Waals surface area contributed by atoms with Crippen LogP contribution < -0.4 is 0 Å². The van der Waals surface area contributed by atoms with Crippen molar-refractivity contribution in [3.8, 4) is 0 Å². The van der Waals surface area contributed by atoms with Gasteiger partial charge in [0.2, 0.25) is 0 Å². The molecule has 0 spiro atoms. The Hall–Kier alpha value is -0.180. The van der Waals surface area contributed by atoms with Crippen molar-refractivity contribution in [1.82, 2.24) is 0 Å². The molecular weight excluding hydrogens is 304 g/mol. The van der Waals surface area contributed by atoms with Crippen LogP contribution in [0.15, 0.2) is 0 Å². The second kappa shape index (κ2) is 14.2. The van der Waals surface area contributed by atoms with Gasteiger partial charge in [-0.05, 0) is 6.42 Å². The molecule has 2 atom stereocenters. The molecule has 0 aromatic heterocycles. The van der Waals surface area contributed by atoms with Gasteiger partial charge in [0.25, 0.3) is 0 Å². The maximum Gasteiger partial charge on any atom is 0.306 e. The average Bonchev–Trinajstić information content (AvgIpc) is 3.29. The molecule has 0 amide bonds. The molecule has 1 rings (SSSR count). The molecule has 1 fully saturated rings. The standard InChI is InChI=1S/C20H38O2S/c1-3-4-5-6-7-8-9-10-11-12-13-14-15-16-18-19(23-18)17-20(21)22-2/h18-19H,3-17H2,1-2H3. The largest absolute Gasteiger partial charge is 0.469 e. The highest BCUT2D eigenvalue weighted by Gasteiger charge is 2.39. The Labute approximate surface area is 148 Å². The van der Waals surface area contributed by atoms with Crippen molar-refractivity contribution in [3.63, 3.8) is 0 Å². The van der Waals surface area contributed by atoms with Crippen LogP contribution in [-0.4, -0.2) is 23.6 Å². The molecule has 0 aromatic carbocycles. The number of esters is 1. The molecule has 23 heavy (non-hydrogen) atoms. The zero-order chi connectivity index (χ0) is 16.8. The van der Waals surface area contributed by atoms with E-state index in [9.17, 15) is 4.79 Å². The Morgan fingerprint density at radius 1 is 0.783 bits per heavy atom. The Kier molecular flexibility index (Phi) is 12.9. The van der Waals surface area contributed by atoms with E-state index in [1.54, 1.807) is 0 Å². The second-order valence-corrected chi connectivity index (χ2v) is 8.51. The highest BCUT2D eigenvalue weighted by atomic mass is 32.2. The van der Waals surface area contributed by atoms with Gasteiger partial charge in [-0.15, -0.1) is 0 Å². The number of carbonyl (C=O) groups is 1. The van der Waals surface area contributed by atoms with Crippen LogP contribution in [-0.2, 0) is 9.53 Å². The lowest BCUT2D eigenvalue weighted by Gasteiger charge is -2.03. The highest BCUT2D eigenvalue weighted by molar-refractivity contribution is 8.07. The Balaban J connectivity index is 1.72. The molecule has 1 aliphatic heterocycles. The molecule has 0 aliphatic carbocycles. The molecule has 0 aromatic rings. The van der Waals surface area contributed by atoms with E-state index in [-0.39, 0.29) is 5.97 Å². The van der Waals surface area contributed by atoms with Crippen LogP contribution in [0, 0.1) is 0 Å². The molecule has 1 aliphatic rings. The van der Waals surface area contributed by atoms with E-state index in [0.29, 0.717) is 11.7 Å².